The summed E-state index contributed by atoms with van der Waals surface area (Å²) in [5, 5.41) is 0. The highest BCUT2D eigenvalue weighted by Gasteiger charge is 2.21. The monoisotopic (exact) mass is 269 g/mol. The Morgan fingerprint density at radius 1 is 1.16 bits per heavy atom. The number of nitrogens with zero attached hydrogens (tertiary/aromatic N) is 2. The number of rotatable bonds is 6. The van der Waals surface area contributed by atoms with E-state index < -0.39 is 0 Å². The fourth-order valence-corrected chi connectivity index (χ4v) is 2.93. The van der Waals surface area contributed by atoms with E-state index in [2.05, 4.69) is 44.5 Å². The molecule has 2 N–H and O–H groups in total. The standard InChI is InChI=1S/C16H35N3/c1-13(2)16(17)9-11-18(5)15-7-6-10-19(12-8-15)14(3)4/h13-16H,6-12,17H2,1-5H3. The lowest BCUT2D eigenvalue weighted by Gasteiger charge is -2.29. The van der Waals surface area contributed by atoms with E-state index in [1.54, 1.807) is 0 Å². The summed E-state index contributed by atoms with van der Waals surface area (Å²) in [6.07, 6.45) is 5.12. The van der Waals surface area contributed by atoms with Gasteiger partial charge in [0.15, 0.2) is 0 Å². The second-order valence-electron chi connectivity index (χ2n) is 6.89. The lowest BCUT2D eigenvalue weighted by molar-refractivity contribution is 0.194. The predicted octanol–water partition coefficient (Wildman–Crippen LogP) is 2.55. The third-order valence-electron chi connectivity index (χ3n) is 4.76. The van der Waals surface area contributed by atoms with Gasteiger partial charge in [-0.1, -0.05) is 13.8 Å². The molecule has 1 fully saturated rings. The van der Waals surface area contributed by atoms with E-state index in [1.165, 1.54) is 32.4 Å². The lowest BCUT2D eigenvalue weighted by atomic mass is 10.0. The summed E-state index contributed by atoms with van der Waals surface area (Å²) in [5.41, 5.74) is 6.15. The van der Waals surface area contributed by atoms with E-state index in [0.717, 1.165) is 19.0 Å². The van der Waals surface area contributed by atoms with Crippen LogP contribution in [0.5, 0.6) is 0 Å². The fourth-order valence-electron chi connectivity index (χ4n) is 2.93. The average molecular weight is 269 g/mol. The maximum atomic E-state index is 6.15. The Morgan fingerprint density at radius 2 is 1.84 bits per heavy atom. The zero-order chi connectivity index (χ0) is 14.4. The van der Waals surface area contributed by atoms with Gasteiger partial charge in [-0.2, -0.15) is 0 Å². The van der Waals surface area contributed by atoms with Gasteiger partial charge >= 0.3 is 0 Å². The van der Waals surface area contributed by atoms with Crippen LogP contribution in [-0.4, -0.2) is 54.6 Å². The maximum absolute atomic E-state index is 6.15. The van der Waals surface area contributed by atoms with E-state index in [1.807, 2.05) is 0 Å². The summed E-state index contributed by atoms with van der Waals surface area (Å²) in [7, 11) is 2.28. The van der Waals surface area contributed by atoms with Gasteiger partial charge in [-0.15, -0.1) is 0 Å². The van der Waals surface area contributed by atoms with Crippen molar-refractivity contribution in [2.75, 3.05) is 26.7 Å². The van der Waals surface area contributed by atoms with Crippen molar-refractivity contribution < 1.29 is 0 Å². The fraction of sp³-hybridized carbons (Fsp3) is 1.00. The Kier molecular flexibility index (Phi) is 7.33. The molecule has 0 amide bonds. The smallest absolute Gasteiger partial charge is 0.0105 e. The zero-order valence-electron chi connectivity index (χ0n) is 13.7. The van der Waals surface area contributed by atoms with Crippen LogP contribution in [0, 0.1) is 5.92 Å². The largest absolute Gasteiger partial charge is 0.327 e. The summed E-state index contributed by atoms with van der Waals surface area (Å²) in [6.45, 7) is 12.7. The first-order valence-corrected chi connectivity index (χ1v) is 8.11. The van der Waals surface area contributed by atoms with E-state index in [9.17, 15) is 0 Å². The Hall–Kier alpha value is -0.120. The molecular formula is C16H35N3. The highest BCUT2D eigenvalue weighted by molar-refractivity contribution is 4.78. The van der Waals surface area contributed by atoms with Gasteiger partial charge in [0.2, 0.25) is 0 Å². The van der Waals surface area contributed by atoms with Gasteiger partial charge in [0.25, 0.3) is 0 Å². The first kappa shape index (κ1) is 16.9. The van der Waals surface area contributed by atoms with Gasteiger partial charge in [0.1, 0.15) is 0 Å². The zero-order valence-corrected chi connectivity index (χ0v) is 13.7. The van der Waals surface area contributed by atoms with Crippen molar-refractivity contribution >= 4 is 0 Å². The van der Waals surface area contributed by atoms with Gasteiger partial charge in [-0.3, -0.25) is 0 Å². The third kappa shape index (κ3) is 5.80. The van der Waals surface area contributed by atoms with Crippen LogP contribution >= 0.6 is 0 Å². The Labute approximate surface area is 120 Å². The van der Waals surface area contributed by atoms with E-state index in [-0.39, 0.29) is 0 Å². The van der Waals surface area contributed by atoms with Crippen LogP contribution in [0.4, 0.5) is 0 Å². The van der Waals surface area contributed by atoms with Crippen molar-refractivity contribution in [3.63, 3.8) is 0 Å². The van der Waals surface area contributed by atoms with Crippen molar-refractivity contribution in [3.05, 3.63) is 0 Å². The van der Waals surface area contributed by atoms with Gasteiger partial charge in [0.05, 0.1) is 0 Å². The molecule has 0 saturated carbocycles. The number of nitrogens with two attached hydrogens (primary N) is 1. The maximum Gasteiger partial charge on any atom is 0.0105 e. The summed E-state index contributed by atoms with van der Waals surface area (Å²) in [5.74, 6) is 0.596. The van der Waals surface area contributed by atoms with Gasteiger partial charge in [0, 0.05) is 18.1 Å². The third-order valence-corrected chi connectivity index (χ3v) is 4.76. The first-order valence-electron chi connectivity index (χ1n) is 8.11. The number of hydrogen-bond donors (Lipinski definition) is 1. The van der Waals surface area contributed by atoms with Gasteiger partial charge in [-0.25, -0.2) is 0 Å². The molecule has 0 spiro atoms. The highest BCUT2D eigenvalue weighted by Crippen LogP contribution is 2.18. The summed E-state index contributed by atoms with van der Waals surface area (Å²) < 4.78 is 0. The second kappa shape index (κ2) is 8.23. The number of likely N-dealkylation sites (tertiary alicyclic amines) is 1. The molecule has 1 saturated heterocycles. The van der Waals surface area contributed by atoms with Crippen LogP contribution in [0.3, 0.4) is 0 Å². The molecule has 2 unspecified atom stereocenters. The van der Waals surface area contributed by atoms with Crippen molar-refractivity contribution in [1.29, 1.82) is 0 Å². The van der Waals surface area contributed by atoms with E-state index >= 15 is 0 Å². The van der Waals surface area contributed by atoms with Crippen LogP contribution in [0.2, 0.25) is 0 Å². The molecule has 0 aromatic heterocycles. The van der Waals surface area contributed by atoms with Gasteiger partial charge in [-0.05, 0) is 72.1 Å². The Morgan fingerprint density at radius 3 is 2.42 bits per heavy atom. The molecule has 19 heavy (non-hydrogen) atoms. The summed E-state index contributed by atoms with van der Waals surface area (Å²) in [6, 6.07) is 1.79. The molecule has 0 aromatic rings. The van der Waals surface area contributed by atoms with Crippen molar-refractivity contribution in [3.8, 4) is 0 Å². The molecule has 0 bridgehead atoms. The normalized spacial score (nSPS) is 24.2. The van der Waals surface area contributed by atoms with Crippen LogP contribution < -0.4 is 5.73 Å². The molecule has 3 nitrogen and oxygen atoms in total. The first-order chi connectivity index (χ1) is 8.91. The quantitative estimate of drug-likeness (QED) is 0.804. The molecule has 1 aliphatic heterocycles. The van der Waals surface area contributed by atoms with Crippen LogP contribution in [0.25, 0.3) is 0 Å². The van der Waals surface area contributed by atoms with Crippen LogP contribution in [-0.2, 0) is 0 Å². The highest BCUT2D eigenvalue weighted by atomic mass is 15.2. The van der Waals surface area contributed by atoms with E-state index in [4.69, 9.17) is 5.73 Å². The van der Waals surface area contributed by atoms with Crippen LogP contribution in [0.15, 0.2) is 0 Å². The molecule has 1 heterocycles. The molecule has 1 aliphatic rings. The minimum Gasteiger partial charge on any atom is -0.327 e. The molecule has 0 radical (unpaired) electrons. The lowest BCUT2D eigenvalue weighted by Crippen LogP contribution is -2.38. The van der Waals surface area contributed by atoms with Crippen molar-refractivity contribution in [1.82, 2.24) is 9.80 Å². The minimum atomic E-state index is 0.348. The molecular weight excluding hydrogens is 234 g/mol. The topological polar surface area (TPSA) is 32.5 Å². The molecule has 1 rings (SSSR count). The average Bonchev–Trinajstić information content (AvgIpc) is 2.60. The van der Waals surface area contributed by atoms with Crippen molar-refractivity contribution in [2.45, 2.75) is 71.5 Å². The molecule has 3 heteroatoms. The van der Waals surface area contributed by atoms with Crippen molar-refractivity contribution in [2.24, 2.45) is 11.7 Å². The number of hydrogen-bond acceptors (Lipinski definition) is 3. The summed E-state index contributed by atoms with van der Waals surface area (Å²) in [4.78, 5) is 5.17. The molecule has 2 atom stereocenters. The van der Waals surface area contributed by atoms with Gasteiger partial charge < -0.3 is 15.5 Å². The SMILES string of the molecule is CC(C)C(N)CCN(C)C1CCCN(C(C)C)CC1. The second-order valence-corrected chi connectivity index (χ2v) is 6.89. The van der Waals surface area contributed by atoms with Crippen LogP contribution in [0.1, 0.15) is 53.4 Å². The Bertz CT molecular complexity index is 240. The molecule has 0 aliphatic carbocycles. The predicted molar refractivity (Wildman–Crippen MR) is 84.4 cm³/mol. The Balaban J connectivity index is 2.34. The van der Waals surface area contributed by atoms with E-state index in [0.29, 0.717) is 18.0 Å². The summed E-state index contributed by atoms with van der Waals surface area (Å²) >= 11 is 0. The molecule has 0 aromatic carbocycles. The molecule has 114 valence electrons. The minimum absolute atomic E-state index is 0.348.